The fourth-order valence-electron chi connectivity index (χ4n) is 1.67. The van der Waals surface area contributed by atoms with Crippen molar-refractivity contribution in [3.8, 4) is 5.69 Å². The highest BCUT2D eigenvalue weighted by molar-refractivity contribution is 5.31. The van der Waals surface area contributed by atoms with Crippen LogP contribution in [0.4, 0.5) is 0 Å². The van der Waals surface area contributed by atoms with E-state index in [9.17, 15) is 5.11 Å². The molecule has 1 aromatic heterocycles. The molecule has 0 saturated carbocycles. The highest BCUT2D eigenvalue weighted by atomic mass is 16.3. The normalized spacial score (nSPS) is 12.6. The molecule has 0 bridgehead atoms. The Labute approximate surface area is 95.3 Å². The van der Waals surface area contributed by atoms with Crippen molar-refractivity contribution in [2.24, 2.45) is 0 Å². The molecule has 1 atom stereocenters. The molecular formula is C13H16N2O. The molecule has 0 radical (unpaired) electrons. The fourth-order valence-corrected chi connectivity index (χ4v) is 1.67. The van der Waals surface area contributed by atoms with E-state index >= 15 is 0 Å². The first-order chi connectivity index (χ1) is 7.81. The van der Waals surface area contributed by atoms with Crippen molar-refractivity contribution < 1.29 is 5.11 Å². The molecule has 1 heterocycles. The zero-order valence-corrected chi connectivity index (χ0v) is 9.37. The minimum absolute atomic E-state index is 0.400. The predicted molar refractivity (Wildman–Crippen MR) is 63.4 cm³/mol. The van der Waals surface area contributed by atoms with Crippen molar-refractivity contribution in [3.63, 3.8) is 0 Å². The average molecular weight is 216 g/mol. The van der Waals surface area contributed by atoms with Crippen LogP contribution in [0.15, 0.2) is 42.7 Å². The average Bonchev–Trinajstić information content (AvgIpc) is 2.80. The van der Waals surface area contributed by atoms with Gasteiger partial charge in [0.1, 0.15) is 0 Å². The highest BCUT2D eigenvalue weighted by Crippen LogP contribution is 2.18. The number of aliphatic hydroxyl groups excluding tert-OH is 1. The zero-order chi connectivity index (χ0) is 11.4. The van der Waals surface area contributed by atoms with Gasteiger partial charge in [0.2, 0.25) is 0 Å². The second-order valence-corrected chi connectivity index (χ2v) is 3.86. The monoisotopic (exact) mass is 216 g/mol. The van der Waals surface area contributed by atoms with Gasteiger partial charge in [0.15, 0.2) is 0 Å². The van der Waals surface area contributed by atoms with Gasteiger partial charge < -0.3 is 5.11 Å². The number of nitrogens with zero attached hydrogens (tertiary/aromatic N) is 2. The molecule has 3 heteroatoms. The van der Waals surface area contributed by atoms with E-state index in [0.29, 0.717) is 0 Å². The van der Waals surface area contributed by atoms with Crippen LogP contribution in [0.3, 0.4) is 0 Å². The Balaban J connectivity index is 2.20. The number of hydrogen-bond acceptors (Lipinski definition) is 2. The van der Waals surface area contributed by atoms with Crippen LogP contribution in [0.5, 0.6) is 0 Å². The number of hydrogen-bond donors (Lipinski definition) is 1. The third-order valence-corrected chi connectivity index (χ3v) is 2.57. The van der Waals surface area contributed by atoms with Crippen molar-refractivity contribution in [2.45, 2.75) is 25.9 Å². The van der Waals surface area contributed by atoms with Gasteiger partial charge in [0, 0.05) is 11.8 Å². The summed E-state index contributed by atoms with van der Waals surface area (Å²) in [5.41, 5.74) is 1.89. The maximum Gasteiger partial charge on any atom is 0.0820 e. The molecule has 2 aromatic rings. The molecule has 1 aromatic carbocycles. The van der Waals surface area contributed by atoms with E-state index in [4.69, 9.17) is 0 Å². The number of benzene rings is 1. The molecule has 1 unspecified atom stereocenters. The number of para-hydroxylation sites is 1. The quantitative estimate of drug-likeness (QED) is 0.853. The third kappa shape index (κ3) is 2.31. The summed E-state index contributed by atoms with van der Waals surface area (Å²) >= 11 is 0. The lowest BCUT2D eigenvalue weighted by Gasteiger charge is -2.05. The van der Waals surface area contributed by atoms with Gasteiger partial charge in [-0.2, -0.15) is 5.10 Å². The lowest BCUT2D eigenvalue weighted by atomic mass is 10.1. The third-order valence-electron chi connectivity index (χ3n) is 2.57. The number of aromatic nitrogens is 2. The number of aliphatic hydroxyl groups is 1. The molecule has 84 valence electrons. The van der Waals surface area contributed by atoms with Crippen molar-refractivity contribution in [2.75, 3.05) is 0 Å². The van der Waals surface area contributed by atoms with Crippen LogP contribution >= 0.6 is 0 Å². The van der Waals surface area contributed by atoms with Crippen molar-refractivity contribution in [3.05, 3.63) is 48.3 Å². The summed E-state index contributed by atoms with van der Waals surface area (Å²) in [5, 5.41) is 14.1. The zero-order valence-electron chi connectivity index (χ0n) is 9.37. The summed E-state index contributed by atoms with van der Waals surface area (Å²) < 4.78 is 1.79. The largest absolute Gasteiger partial charge is 0.388 e. The smallest absolute Gasteiger partial charge is 0.0820 e. The van der Waals surface area contributed by atoms with E-state index in [-0.39, 0.29) is 0 Å². The predicted octanol–water partition coefficient (Wildman–Crippen LogP) is 2.71. The molecule has 0 aliphatic rings. The van der Waals surface area contributed by atoms with Gasteiger partial charge in [-0.15, -0.1) is 0 Å². The van der Waals surface area contributed by atoms with E-state index in [0.717, 1.165) is 24.1 Å². The van der Waals surface area contributed by atoms with E-state index in [1.165, 1.54) is 0 Å². The maximum atomic E-state index is 9.83. The molecule has 0 spiro atoms. The molecule has 0 saturated heterocycles. The van der Waals surface area contributed by atoms with Gasteiger partial charge in [-0.05, 0) is 18.6 Å². The summed E-state index contributed by atoms with van der Waals surface area (Å²) in [4.78, 5) is 0. The molecule has 16 heavy (non-hydrogen) atoms. The second-order valence-electron chi connectivity index (χ2n) is 3.86. The second kappa shape index (κ2) is 4.94. The molecule has 3 nitrogen and oxygen atoms in total. The Bertz CT molecular complexity index is 436. The Morgan fingerprint density at radius 2 is 2.06 bits per heavy atom. The minimum Gasteiger partial charge on any atom is -0.388 e. The van der Waals surface area contributed by atoms with Crippen LogP contribution in [0.25, 0.3) is 5.69 Å². The standard InChI is InChI=1S/C13H16N2O/c1-2-6-13(16)11-9-14-15(10-11)12-7-4-3-5-8-12/h3-5,7-10,13,16H,2,6H2,1H3. The van der Waals surface area contributed by atoms with E-state index < -0.39 is 6.10 Å². The van der Waals surface area contributed by atoms with Crippen LogP contribution in [0, 0.1) is 0 Å². The number of rotatable bonds is 4. The Morgan fingerprint density at radius 3 is 2.75 bits per heavy atom. The first-order valence-electron chi connectivity index (χ1n) is 5.59. The van der Waals surface area contributed by atoms with Crippen molar-refractivity contribution in [1.82, 2.24) is 9.78 Å². The Hall–Kier alpha value is -1.61. The van der Waals surface area contributed by atoms with Crippen LogP contribution < -0.4 is 0 Å². The minimum atomic E-state index is -0.400. The lowest BCUT2D eigenvalue weighted by Crippen LogP contribution is -1.95. The summed E-state index contributed by atoms with van der Waals surface area (Å²) in [6.07, 6.45) is 4.96. The van der Waals surface area contributed by atoms with E-state index in [1.807, 2.05) is 36.5 Å². The summed E-state index contributed by atoms with van der Waals surface area (Å²) in [6.45, 7) is 2.06. The van der Waals surface area contributed by atoms with Gasteiger partial charge >= 0.3 is 0 Å². The van der Waals surface area contributed by atoms with Crippen molar-refractivity contribution in [1.29, 1.82) is 0 Å². The molecule has 0 aliphatic heterocycles. The van der Waals surface area contributed by atoms with Crippen LogP contribution in [-0.4, -0.2) is 14.9 Å². The summed E-state index contributed by atoms with van der Waals surface area (Å²) in [7, 11) is 0. The van der Waals surface area contributed by atoms with Gasteiger partial charge in [0.25, 0.3) is 0 Å². The first kappa shape index (κ1) is 10.9. The highest BCUT2D eigenvalue weighted by Gasteiger charge is 2.09. The molecule has 2 rings (SSSR count). The molecule has 0 aliphatic carbocycles. The lowest BCUT2D eigenvalue weighted by molar-refractivity contribution is 0.166. The van der Waals surface area contributed by atoms with E-state index in [1.54, 1.807) is 10.9 Å². The first-order valence-corrected chi connectivity index (χ1v) is 5.59. The maximum absolute atomic E-state index is 9.83. The summed E-state index contributed by atoms with van der Waals surface area (Å²) in [5.74, 6) is 0. The summed E-state index contributed by atoms with van der Waals surface area (Å²) in [6, 6.07) is 9.89. The van der Waals surface area contributed by atoms with Gasteiger partial charge in [-0.1, -0.05) is 31.5 Å². The van der Waals surface area contributed by atoms with Crippen LogP contribution in [-0.2, 0) is 0 Å². The topological polar surface area (TPSA) is 38.1 Å². The van der Waals surface area contributed by atoms with E-state index in [2.05, 4.69) is 12.0 Å². The van der Waals surface area contributed by atoms with Gasteiger partial charge in [0.05, 0.1) is 18.0 Å². The SMILES string of the molecule is CCCC(O)c1cnn(-c2ccccc2)c1. The van der Waals surface area contributed by atoms with Crippen molar-refractivity contribution >= 4 is 0 Å². The molecular weight excluding hydrogens is 200 g/mol. The van der Waals surface area contributed by atoms with Crippen LogP contribution in [0.2, 0.25) is 0 Å². The van der Waals surface area contributed by atoms with Gasteiger partial charge in [-0.3, -0.25) is 0 Å². The molecule has 0 amide bonds. The molecule has 1 N–H and O–H groups in total. The van der Waals surface area contributed by atoms with Gasteiger partial charge in [-0.25, -0.2) is 4.68 Å². The van der Waals surface area contributed by atoms with Crippen LogP contribution in [0.1, 0.15) is 31.4 Å². The Kier molecular flexibility index (Phi) is 3.37. The Morgan fingerprint density at radius 1 is 1.31 bits per heavy atom. The molecule has 0 fully saturated rings. The fraction of sp³-hybridized carbons (Fsp3) is 0.308.